The van der Waals surface area contributed by atoms with E-state index in [1.807, 2.05) is 44.3 Å². The lowest BCUT2D eigenvalue weighted by Crippen LogP contribution is -2.06. The maximum atomic E-state index is 6.16. The van der Waals surface area contributed by atoms with Gasteiger partial charge in [0.1, 0.15) is 0 Å². The van der Waals surface area contributed by atoms with E-state index < -0.39 is 0 Å². The number of aryl methyl sites for hydroxylation is 2. The van der Waals surface area contributed by atoms with Gasteiger partial charge in [0.05, 0.1) is 16.4 Å². The summed E-state index contributed by atoms with van der Waals surface area (Å²) < 4.78 is 7.46. The van der Waals surface area contributed by atoms with Crippen LogP contribution in [0.2, 0.25) is 5.02 Å². The van der Waals surface area contributed by atoms with Crippen LogP contribution in [0.5, 0.6) is 0 Å². The summed E-state index contributed by atoms with van der Waals surface area (Å²) in [7, 11) is 0. The third-order valence-electron chi connectivity index (χ3n) is 2.91. The number of rotatable bonds is 7. The highest BCUT2D eigenvalue weighted by molar-refractivity contribution is 6.33. The number of imidazole rings is 1. The van der Waals surface area contributed by atoms with Crippen molar-refractivity contribution in [2.75, 3.05) is 18.5 Å². The second-order valence-corrected chi connectivity index (χ2v) is 4.96. The monoisotopic (exact) mass is 293 g/mol. The molecule has 4 nitrogen and oxygen atoms in total. The number of aromatic nitrogens is 2. The molecule has 0 bridgehead atoms. The summed E-state index contributed by atoms with van der Waals surface area (Å²) in [4.78, 5) is 4.50. The van der Waals surface area contributed by atoms with E-state index in [0.29, 0.717) is 5.02 Å². The number of para-hydroxylation sites is 1. The maximum absolute atomic E-state index is 6.16. The smallest absolute Gasteiger partial charge is 0.207 e. The Labute approximate surface area is 124 Å². The topological polar surface area (TPSA) is 39.1 Å². The van der Waals surface area contributed by atoms with Gasteiger partial charge in [-0.3, -0.25) is 0 Å². The highest BCUT2D eigenvalue weighted by atomic mass is 35.5. The highest BCUT2D eigenvalue weighted by Gasteiger charge is 2.07. The van der Waals surface area contributed by atoms with E-state index in [4.69, 9.17) is 16.3 Å². The predicted molar refractivity (Wildman–Crippen MR) is 82.8 cm³/mol. The Bertz CT molecular complexity index is 554. The van der Waals surface area contributed by atoms with Crippen LogP contribution in [0.25, 0.3) is 0 Å². The average Bonchev–Trinajstić information content (AvgIpc) is 2.78. The lowest BCUT2D eigenvalue weighted by atomic mass is 10.3. The van der Waals surface area contributed by atoms with Crippen LogP contribution < -0.4 is 5.32 Å². The third kappa shape index (κ3) is 3.99. The molecule has 0 radical (unpaired) electrons. The summed E-state index contributed by atoms with van der Waals surface area (Å²) in [6, 6.07) is 7.66. The van der Waals surface area contributed by atoms with Gasteiger partial charge in [-0.05, 0) is 32.4 Å². The minimum Gasteiger partial charge on any atom is -0.382 e. The van der Waals surface area contributed by atoms with E-state index >= 15 is 0 Å². The molecule has 1 N–H and O–H groups in total. The number of benzene rings is 1. The molecular formula is C15H20ClN3O. The van der Waals surface area contributed by atoms with Crippen LogP contribution >= 0.6 is 11.6 Å². The zero-order valence-electron chi connectivity index (χ0n) is 11.9. The van der Waals surface area contributed by atoms with Crippen molar-refractivity contribution >= 4 is 23.2 Å². The zero-order chi connectivity index (χ0) is 14.4. The first kappa shape index (κ1) is 14.9. The summed E-state index contributed by atoms with van der Waals surface area (Å²) in [6.45, 7) is 6.38. The Kier molecular flexibility index (Phi) is 5.44. The molecule has 1 heterocycles. The second kappa shape index (κ2) is 7.31. The standard InChI is InChI=1S/C15H20ClN3O/c1-3-20-10-6-9-19-11-12(2)17-15(19)18-14-8-5-4-7-13(14)16/h4-5,7-8,11H,3,6,9-10H2,1-2H3,(H,17,18). The van der Waals surface area contributed by atoms with Crippen molar-refractivity contribution in [1.82, 2.24) is 9.55 Å². The maximum Gasteiger partial charge on any atom is 0.207 e. The minimum absolute atomic E-state index is 0.689. The van der Waals surface area contributed by atoms with Crippen LogP contribution in [0.4, 0.5) is 11.6 Å². The van der Waals surface area contributed by atoms with Crippen LogP contribution in [-0.2, 0) is 11.3 Å². The normalized spacial score (nSPS) is 10.8. The number of ether oxygens (including phenoxy) is 1. The van der Waals surface area contributed by atoms with E-state index in [9.17, 15) is 0 Å². The fraction of sp³-hybridized carbons (Fsp3) is 0.400. The van der Waals surface area contributed by atoms with Gasteiger partial charge in [-0.25, -0.2) is 4.98 Å². The minimum atomic E-state index is 0.689. The Hall–Kier alpha value is -1.52. The zero-order valence-corrected chi connectivity index (χ0v) is 12.7. The van der Waals surface area contributed by atoms with Crippen molar-refractivity contribution in [2.24, 2.45) is 0 Å². The van der Waals surface area contributed by atoms with Gasteiger partial charge in [-0.2, -0.15) is 0 Å². The van der Waals surface area contributed by atoms with Gasteiger partial charge in [0.15, 0.2) is 0 Å². The molecule has 0 spiro atoms. The first-order chi connectivity index (χ1) is 9.70. The molecule has 2 aromatic rings. The summed E-state index contributed by atoms with van der Waals surface area (Å²) in [6.07, 6.45) is 2.99. The highest BCUT2D eigenvalue weighted by Crippen LogP contribution is 2.24. The van der Waals surface area contributed by atoms with Crippen LogP contribution in [-0.4, -0.2) is 22.8 Å². The quantitative estimate of drug-likeness (QED) is 0.784. The van der Waals surface area contributed by atoms with E-state index in [1.54, 1.807) is 0 Å². The second-order valence-electron chi connectivity index (χ2n) is 4.55. The van der Waals surface area contributed by atoms with E-state index in [0.717, 1.165) is 43.5 Å². The number of hydrogen-bond acceptors (Lipinski definition) is 3. The summed E-state index contributed by atoms with van der Waals surface area (Å²) >= 11 is 6.16. The van der Waals surface area contributed by atoms with Crippen molar-refractivity contribution in [1.29, 1.82) is 0 Å². The van der Waals surface area contributed by atoms with Gasteiger partial charge in [0.2, 0.25) is 5.95 Å². The molecular weight excluding hydrogens is 274 g/mol. The fourth-order valence-corrected chi connectivity index (χ4v) is 2.16. The Morgan fingerprint density at radius 2 is 2.15 bits per heavy atom. The van der Waals surface area contributed by atoms with Crippen molar-refractivity contribution in [3.05, 3.63) is 41.2 Å². The van der Waals surface area contributed by atoms with Gasteiger partial charge in [0, 0.05) is 26.0 Å². The number of hydrogen-bond donors (Lipinski definition) is 1. The first-order valence-corrected chi connectivity index (χ1v) is 7.21. The van der Waals surface area contributed by atoms with Gasteiger partial charge < -0.3 is 14.6 Å². The van der Waals surface area contributed by atoms with Gasteiger partial charge >= 0.3 is 0 Å². The number of nitrogens with zero attached hydrogens (tertiary/aromatic N) is 2. The largest absolute Gasteiger partial charge is 0.382 e. The molecule has 0 unspecified atom stereocenters. The molecule has 1 aromatic carbocycles. The number of halogens is 1. The van der Waals surface area contributed by atoms with Gasteiger partial charge in [0.25, 0.3) is 0 Å². The van der Waals surface area contributed by atoms with Crippen LogP contribution in [0.3, 0.4) is 0 Å². The lowest BCUT2D eigenvalue weighted by molar-refractivity contribution is 0.142. The molecule has 2 rings (SSSR count). The third-order valence-corrected chi connectivity index (χ3v) is 3.24. The molecule has 0 atom stereocenters. The molecule has 1 aromatic heterocycles. The van der Waals surface area contributed by atoms with Crippen LogP contribution in [0.1, 0.15) is 19.0 Å². The SMILES string of the molecule is CCOCCCn1cc(C)nc1Nc1ccccc1Cl. The predicted octanol–water partition coefficient (Wildman–Crippen LogP) is 4.02. The number of anilines is 2. The molecule has 0 aliphatic rings. The van der Waals surface area contributed by atoms with Crippen LogP contribution in [0.15, 0.2) is 30.5 Å². The summed E-state index contributed by atoms with van der Waals surface area (Å²) in [5, 5.41) is 3.97. The Morgan fingerprint density at radius 1 is 1.35 bits per heavy atom. The molecule has 0 saturated carbocycles. The molecule has 0 fully saturated rings. The number of nitrogens with one attached hydrogen (secondary N) is 1. The van der Waals surface area contributed by atoms with Gasteiger partial charge in [-0.15, -0.1) is 0 Å². The van der Waals surface area contributed by atoms with E-state index in [2.05, 4.69) is 14.9 Å². The molecule has 0 aliphatic heterocycles. The molecule has 20 heavy (non-hydrogen) atoms. The van der Waals surface area contributed by atoms with Crippen molar-refractivity contribution in [3.63, 3.8) is 0 Å². The first-order valence-electron chi connectivity index (χ1n) is 6.83. The molecule has 0 amide bonds. The van der Waals surface area contributed by atoms with Crippen LogP contribution in [0, 0.1) is 6.92 Å². The van der Waals surface area contributed by atoms with Crippen molar-refractivity contribution < 1.29 is 4.74 Å². The fourth-order valence-electron chi connectivity index (χ4n) is 1.98. The molecule has 108 valence electrons. The van der Waals surface area contributed by atoms with Crippen molar-refractivity contribution in [2.45, 2.75) is 26.8 Å². The van der Waals surface area contributed by atoms with E-state index in [-0.39, 0.29) is 0 Å². The lowest BCUT2D eigenvalue weighted by Gasteiger charge is -2.10. The molecule has 0 saturated heterocycles. The summed E-state index contributed by atoms with van der Waals surface area (Å²) in [5.74, 6) is 0.812. The molecule has 5 heteroatoms. The Morgan fingerprint density at radius 3 is 2.90 bits per heavy atom. The average molecular weight is 294 g/mol. The van der Waals surface area contributed by atoms with Crippen molar-refractivity contribution in [3.8, 4) is 0 Å². The summed E-state index contributed by atoms with van der Waals surface area (Å²) in [5.41, 5.74) is 1.85. The van der Waals surface area contributed by atoms with E-state index in [1.165, 1.54) is 0 Å². The Balaban J connectivity index is 2.06. The van der Waals surface area contributed by atoms with Gasteiger partial charge in [-0.1, -0.05) is 23.7 Å². The molecule has 0 aliphatic carbocycles.